The molecule has 2 rings (SSSR count). The van der Waals surface area contributed by atoms with Crippen LogP contribution in [0.3, 0.4) is 0 Å². The monoisotopic (exact) mass is 285 g/mol. The Morgan fingerprint density at radius 3 is 2.61 bits per heavy atom. The van der Waals surface area contributed by atoms with Gasteiger partial charge in [-0.15, -0.1) is 11.3 Å². The van der Waals surface area contributed by atoms with E-state index >= 15 is 0 Å². The van der Waals surface area contributed by atoms with Crippen LogP contribution in [0.2, 0.25) is 0 Å². The van der Waals surface area contributed by atoms with Gasteiger partial charge in [0.05, 0.1) is 5.69 Å². The van der Waals surface area contributed by atoms with Crippen molar-refractivity contribution in [1.29, 1.82) is 5.26 Å². The van der Waals surface area contributed by atoms with E-state index in [1.807, 2.05) is 18.0 Å². The van der Waals surface area contributed by atoms with Crippen molar-refractivity contribution in [2.24, 2.45) is 5.92 Å². The number of sulfone groups is 1. The van der Waals surface area contributed by atoms with E-state index in [1.165, 1.54) is 12.8 Å². The fourth-order valence-electron chi connectivity index (χ4n) is 1.88. The van der Waals surface area contributed by atoms with Gasteiger partial charge in [0.2, 0.25) is 0 Å². The molecule has 7 heteroatoms. The first-order chi connectivity index (χ1) is 8.34. The molecule has 1 aliphatic rings. The highest BCUT2D eigenvalue weighted by Gasteiger charge is 2.29. The molecule has 0 radical (unpaired) electrons. The SMILES string of the molecule is CN(CC1CC1)c1sc(C#N)c(N)c1S(C)(=O)=O. The van der Waals surface area contributed by atoms with Gasteiger partial charge in [0.15, 0.2) is 9.84 Å². The average molecular weight is 285 g/mol. The zero-order valence-electron chi connectivity index (χ0n) is 10.3. The quantitative estimate of drug-likeness (QED) is 0.904. The molecular weight excluding hydrogens is 270 g/mol. The molecule has 1 aromatic heterocycles. The van der Waals surface area contributed by atoms with Crippen molar-refractivity contribution in [1.82, 2.24) is 0 Å². The van der Waals surface area contributed by atoms with Crippen LogP contribution in [0.25, 0.3) is 0 Å². The van der Waals surface area contributed by atoms with E-state index in [2.05, 4.69) is 0 Å². The third-order valence-corrected chi connectivity index (χ3v) is 5.44. The number of nitrogen functional groups attached to an aromatic ring is 1. The molecule has 0 aromatic carbocycles. The summed E-state index contributed by atoms with van der Waals surface area (Å²) in [5.74, 6) is 0.635. The lowest BCUT2D eigenvalue weighted by molar-refractivity contribution is 0.602. The second kappa shape index (κ2) is 4.44. The van der Waals surface area contributed by atoms with Crippen molar-refractivity contribution in [3.8, 4) is 6.07 Å². The van der Waals surface area contributed by atoms with Gasteiger partial charge in [-0.25, -0.2) is 8.42 Å². The van der Waals surface area contributed by atoms with Crippen LogP contribution in [0.5, 0.6) is 0 Å². The Hall–Kier alpha value is -1.26. The van der Waals surface area contributed by atoms with Crippen molar-refractivity contribution in [2.75, 3.05) is 30.5 Å². The van der Waals surface area contributed by atoms with Crippen LogP contribution in [0.4, 0.5) is 10.7 Å². The van der Waals surface area contributed by atoms with Crippen molar-refractivity contribution in [3.63, 3.8) is 0 Å². The van der Waals surface area contributed by atoms with Gasteiger partial charge in [-0.1, -0.05) is 0 Å². The van der Waals surface area contributed by atoms with Crippen LogP contribution in [0, 0.1) is 17.2 Å². The van der Waals surface area contributed by atoms with E-state index in [-0.39, 0.29) is 15.5 Å². The lowest BCUT2D eigenvalue weighted by Crippen LogP contribution is -2.20. The van der Waals surface area contributed by atoms with Crippen LogP contribution >= 0.6 is 11.3 Å². The molecule has 5 nitrogen and oxygen atoms in total. The van der Waals surface area contributed by atoms with Gasteiger partial charge in [0, 0.05) is 19.8 Å². The van der Waals surface area contributed by atoms with Gasteiger partial charge in [0.1, 0.15) is 20.8 Å². The molecule has 1 saturated carbocycles. The number of nitrogens with two attached hydrogens (primary N) is 1. The van der Waals surface area contributed by atoms with Crippen LogP contribution < -0.4 is 10.6 Å². The molecule has 1 heterocycles. The van der Waals surface area contributed by atoms with Crippen LogP contribution in [-0.2, 0) is 9.84 Å². The highest BCUT2D eigenvalue weighted by atomic mass is 32.2. The Morgan fingerprint density at radius 1 is 1.56 bits per heavy atom. The first-order valence-corrected chi connectivity index (χ1v) is 8.29. The predicted octanol–water partition coefficient (Wildman–Crippen LogP) is 1.45. The maximum atomic E-state index is 11.8. The van der Waals surface area contributed by atoms with E-state index in [1.54, 1.807) is 0 Å². The summed E-state index contributed by atoms with van der Waals surface area (Å²) < 4.78 is 23.6. The summed E-state index contributed by atoms with van der Waals surface area (Å²) in [7, 11) is -1.57. The van der Waals surface area contributed by atoms with Crippen molar-refractivity contribution in [3.05, 3.63) is 4.88 Å². The fraction of sp³-hybridized carbons (Fsp3) is 0.545. The second-order valence-corrected chi connectivity index (χ2v) is 7.64. The second-order valence-electron chi connectivity index (χ2n) is 4.69. The van der Waals surface area contributed by atoms with E-state index in [4.69, 9.17) is 11.0 Å². The molecular formula is C11H15N3O2S2. The van der Waals surface area contributed by atoms with Crippen LogP contribution in [0.1, 0.15) is 17.7 Å². The van der Waals surface area contributed by atoms with Gasteiger partial charge >= 0.3 is 0 Å². The Kier molecular flexibility index (Phi) is 3.25. The molecule has 0 spiro atoms. The lowest BCUT2D eigenvalue weighted by atomic mass is 10.3. The molecule has 0 amide bonds. The van der Waals surface area contributed by atoms with Crippen molar-refractivity contribution >= 4 is 31.9 Å². The Balaban J connectivity index is 2.48. The average Bonchev–Trinajstić information content (AvgIpc) is 2.98. The van der Waals surface area contributed by atoms with E-state index in [0.29, 0.717) is 10.9 Å². The van der Waals surface area contributed by atoms with Gasteiger partial charge < -0.3 is 10.6 Å². The number of hydrogen-bond donors (Lipinski definition) is 1. The Labute approximate surface area is 111 Å². The topological polar surface area (TPSA) is 87.2 Å². The standard InChI is InChI=1S/C11H15N3O2S2/c1-14(6-7-3-4-7)11-10(18(2,15)16)9(13)8(5-12)17-11/h7H,3-4,6,13H2,1-2H3. The number of nitrogens with zero attached hydrogens (tertiary/aromatic N) is 2. The normalized spacial score (nSPS) is 15.4. The first kappa shape index (κ1) is 13.2. The zero-order chi connectivity index (χ0) is 13.5. The molecule has 0 saturated heterocycles. The zero-order valence-corrected chi connectivity index (χ0v) is 11.9. The number of thiophene rings is 1. The minimum atomic E-state index is -3.42. The summed E-state index contributed by atoms with van der Waals surface area (Å²) in [5.41, 5.74) is 5.85. The molecule has 0 unspecified atom stereocenters. The van der Waals surface area contributed by atoms with E-state index in [0.717, 1.165) is 24.1 Å². The van der Waals surface area contributed by atoms with Gasteiger partial charge in [0.25, 0.3) is 0 Å². The molecule has 2 N–H and O–H groups in total. The highest BCUT2D eigenvalue weighted by Crippen LogP contribution is 2.42. The third kappa shape index (κ3) is 2.44. The maximum absolute atomic E-state index is 11.8. The molecule has 1 aromatic rings. The number of hydrogen-bond acceptors (Lipinski definition) is 6. The molecule has 18 heavy (non-hydrogen) atoms. The highest BCUT2D eigenvalue weighted by molar-refractivity contribution is 7.91. The molecule has 98 valence electrons. The summed E-state index contributed by atoms with van der Waals surface area (Å²) in [6.07, 6.45) is 3.50. The fourth-order valence-corrected chi connectivity index (χ4v) is 4.38. The molecule has 0 bridgehead atoms. The third-order valence-electron chi connectivity index (χ3n) is 2.93. The van der Waals surface area contributed by atoms with Gasteiger partial charge in [-0.05, 0) is 18.8 Å². The summed E-state index contributed by atoms with van der Waals surface area (Å²) >= 11 is 1.15. The molecule has 1 aliphatic carbocycles. The van der Waals surface area contributed by atoms with Crippen molar-refractivity contribution in [2.45, 2.75) is 17.7 Å². The minimum absolute atomic E-state index is 0.0858. The minimum Gasteiger partial charge on any atom is -0.396 e. The lowest BCUT2D eigenvalue weighted by Gasteiger charge is -2.18. The van der Waals surface area contributed by atoms with Crippen molar-refractivity contribution < 1.29 is 8.42 Å². The van der Waals surface area contributed by atoms with E-state index < -0.39 is 9.84 Å². The molecule has 1 fully saturated rings. The Morgan fingerprint density at radius 2 is 2.17 bits per heavy atom. The number of rotatable bonds is 4. The van der Waals surface area contributed by atoms with E-state index in [9.17, 15) is 8.42 Å². The van der Waals surface area contributed by atoms with Crippen LogP contribution in [0.15, 0.2) is 4.90 Å². The van der Waals surface area contributed by atoms with Gasteiger partial charge in [-0.3, -0.25) is 0 Å². The Bertz CT molecular complexity index is 609. The van der Waals surface area contributed by atoms with Gasteiger partial charge in [-0.2, -0.15) is 5.26 Å². The molecule has 0 atom stereocenters. The summed E-state index contributed by atoms with van der Waals surface area (Å²) in [5, 5.41) is 9.55. The summed E-state index contributed by atoms with van der Waals surface area (Å²) in [4.78, 5) is 2.27. The number of nitriles is 1. The predicted molar refractivity (Wildman–Crippen MR) is 72.6 cm³/mol. The summed E-state index contributed by atoms with van der Waals surface area (Å²) in [6, 6.07) is 1.95. The summed E-state index contributed by atoms with van der Waals surface area (Å²) in [6.45, 7) is 0.813. The maximum Gasteiger partial charge on any atom is 0.180 e. The molecule has 0 aliphatic heterocycles. The van der Waals surface area contributed by atoms with Crippen LogP contribution in [-0.4, -0.2) is 28.3 Å². The smallest absolute Gasteiger partial charge is 0.180 e. The first-order valence-electron chi connectivity index (χ1n) is 5.58. The number of anilines is 2. The largest absolute Gasteiger partial charge is 0.396 e.